The molecule has 7 rings (SSSR count). The molecule has 1 amide bonds. The zero-order chi connectivity index (χ0) is 48.1. The van der Waals surface area contributed by atoms with Crippen molar-refractivity contribution in [1.82, 2.24) is 4.90 Å². The maximum atomic E-state index is 14.9. The Morgan fingerprint density at radius 2 is 1.66 bits per heavy atom. The molecule has 68 heavy (non-hydrogen) atoms. The Morgan fingerprint density at radius 3 is 2.38 bits per heavy atom. The number of unbranched alkanes of at least 4 members (excludes halogenated alkanes) is 2. The molecule has 0 spiro atoms. The fourth-order valence-electron chi connectivity index (χ4n) is 9.81. The Hall–Kier alpha value is -5.86. The molecule has 0 radical (unpaired) electrons. The van der Waals surface area contributed by atoms with Gasteiger partial charge in [0.2, 0.25) is 5.79 Å². The number of hydrogen-bond acceptors (Lipinski definition) is 11. The zero-order valence-electron chi connectivity index (χ0n) is 39.4. The zero-order valence-corrected chi connectivity index (χ0v) is 39.4. The number of halogens is 1. The largest absolute Gasteiger partial charge is 0.459 e. The summed E-state index contributed by atoms with van der Waals surface area (Å²) >= 11 is 0. The van der Waals surface area contributed by atoms with Gasteiger partial charge in [-0.05, 0) is 117 Å². The van der Waals surface area contributed by atoms with E-state index in [9.17, 15) is 24.2 Å². The molecule has 12 nitrogen and oxygen atoms in total. The topological polar surface area (TPSA) is 146 Å². The summed E-state index contributed by atoms with van der Waals surface area (Å²) in [5, 5.41) is 24.9. The highest BCUT2D eigenvalue weighted by Crippen LogP contribution is 2.62. The summed E-state index contributed by atoms with van der Waals surface area (Å²) in [6, 6.07) is 27.5. The van der Waals surface area contributed by atoms with Crippen LogP contribution in [0.2, 0.25) is 0 Å². The SMILES string of the molecule is C=CCO[C@@]12Oc3ccc(Oc4cccc(C=O)c4)cc3[C@H]3[C@H](CCCCO)[C@@H](CCCCO)C=C(C(=NOC(C)(C)C)C[C@@H]1N(Cc1ccc(F)cc1)C(=O)OCCOCc1ccccc1)[C@H]32. The van der Waals surface area contributed by atoms with Crippen LogP contribution in [0.1, 0.15) is 98.7 Å². The third-order valence-electron chi connectivity index (χ3n) is 12.7. The molecule has 4 aromatic rings. The molecule has 4 aromatic carbocycles. The van der Waals surface area contributed by atoms with E-state index in [2.05, 4.69) is 12.7 Å². The van der Waals surface area contributed by atoms with Crippen molar-refractivity contribution < 1.29 is 52.7 Å². The number of rotatable bonds is 23. The first-order valence-electron chi connectivity index (χ1n) is 23.8. The van der Waals surface area contributed by atoms with E-state index in [1.54, 1.807) is 47.4 Å². The quantitative estimate of drug-likeness (QED) is 0.0319. The van der Waals surface area contributed by atoms with Crippen molar-refractivity contribution in [1.29, 1.82) is 0 Å². The summed E-state index contributed by atoms with van der Waals surface area (Å²) in [5.41, 5.74) is 3.79. The predicted molar refractivity (Wildman–Crippen MR) is 257 cm³/mol. The lowest BCUT2D eigenvalue weighted by Crippen LogP contribution is -2.70. The van der Waals surface area contributed by atoms with Gasteiger partial charge < -0.3 is 38.7 Å². The smallest absolute Gasteiger partial charge is 0.410 e. The summed E-state index contributed by atoms with van der Waals surface area (Å²) in [6.45, 7) is 10.4. The van der Waals surface area contributed by atoms with Gasteiger partial charge in [-0.3, -0.25) is 9.69 Å². The van der Waals surface area contributed by atoms with E-state index in [0.29, 0.717) is 53.5 Å². The second kappa shape index (κ2) is 23.4. The van der Waals surface area contributed by atoms with Crippen LogP contribution in [0.25, 0.3) is 0 Å². The minimum absolute atomic E-state index is 0.000880. The molecule has 13 heteroatoms. The number of fused-ring (bicyclic) bond motifs is 2. The molecule has 0 saturated heterocycles. The normalized spacial score (nSPS) is 22.2. The minimum Gasteiger partial charge on any atom is -0.459 e. The molecular formula is C55H65FN2O10. The number of ether oxygens (including phenoxy) is 5. The Labute approximate surface area is 399 Å². The first-order chi connectivity index (χ1) is 33.0. The van der Waals surface area contributed by atoms with Crippen LogP contribution < -0.4 is 9.47 Å². The van der Waals surface area contributed by atoms with Gasteiger partial charge >= 0.3 is 6.09 Å². The number of aliphatic hydroxyl groups excluding tert-OH is 2. The molecule has 0 bridgehead atoms. The molecule has 362 valence electrons. The summed E-state index contributed by atoms with van der Waals surface area (Å²) in [6.07, 6.45) is 8.45. The summed E-state index contributed by atoms with van der Waals surface area (Å²) < 4.78 is 47.4. The van der Waals surface area contributed by atoms with E-state index >= 15 is 0 Å². The fraction of sp³-hybridized carbons (Fsp3) is 0.436. The third-order valence-corrected chi connectivity index (χ3v) is 12.7. The lowest BCUT2D eigenvalue weighted by molar-refractivity contribution is -0.256. The van der Waals surface area contributed by atoms with Crippen molar-refractivity contribution in [2.75, 3.05) is 33.0 Å². The summed E-state index contributed by atoms with van der Waals surface area (Å²) in [7, 11) is 0. The van der Waals surface area contributed by atoms with Crippen LogP contribution in [0.15, 0.2) is 127 Å². The van der Waals surface area contributed by atoms with Gasteiger partial charge in [0.1, 0.15) is 47.6 Å². The van der Waals surface area contributed by atoms with E-state index in [-0.39, 0.29) is 63.8 Å². The van der Waals surface area contributed by atoms with Crippen molar-refractivity contribution in [3.05, 3.63) is 149 Å². The molecule has 1 saturated carbocycles. The molecule has 2 aliphatic carbocycles. The van der Waals surface area contributed by atoms with Crippen LogP contribution in [0.3, 0.4) is 0 Å². The number of benzene rings is 4. The molecule has 1 fully saturated rings. The van der Waals surface area contributed by atoms with Gasteiger partial charge in [-0.2, -0.15) is 0 Å². The van der Waals surface area contributed by atoms with Crippen molar-refractivity contribution in [2.24, 2.45) is 22.9 Å². The van der Waals surface area contributed by atoms with Crippen LogP contribution in [0, 0.1) is 23.6 Å². The van der Waals surface area contributed by atoms with Gasteiger partial charge in [0.25, 0.3) is 0 Å². The standard InChI is InChI=1S/C55H65FN2O10/c1-5-28-65-55-50(58(35-38-20-22-42(56)23-21-38)53(62)64-30-29-63-37-39-14-7-6-8-15-39)34-48(57-68-54(2,3)4)46-32-41(17-9-11-26-59)45(19-10-12-27-60)51(52(46)55)47-33-44(24-25-49(47)67-55)66-43-18-13-16-40(31-43)36-61/h5-8,13-16,18,20-25,31-33,36,41,45,50-52,59-60H,1,9-12,17,19,26-30,34-35,37H2,2-4H3/t41-,45+,50-,51+,52+,55+/m0/s1. The molecule has 6 atom stereocenters. The highest BCUT2D eigenvalue weighted by molar-refractivity contribution is 6.03. The third kappa shape index (κ3) is 12.2. The maximum absolute atomic E-state index is 14.9. The average molecular weight is 933 g/mol. The van der Waals surface area contributed by atoms with Gasteiger partial charge in [-0.1, -0.05) is 84.7 Å². The van der Waals surface area contributed by atoms with Crippen LogP contribution in [0.5, 0.6) is 17.2 Å². The monoisotopic (exact) mass is 932 g/mol. The van der Waals surface area contributed by atoms with E-state index in [1.807, 2.05) is 69.3 Å². The lowest BCUT2D eigenvalue weighted by atomic mass is 9.55. The minimum atomic E-state index is -1.58. The Kier molecular flexibility index (Phi) is 17.2. The maximum Gasteiger partial charge on any atom is 0.410 e. The Balaban J connectivity index is 1.40. The van der Waals surface area contributed by atoms with Crippen LogP contribution >= 0.6 is 0 Å². The molecule has 2 N–H and O–H groups in total. The molecule has 3 aliphatic rings. The van der Waals surface area contributed by atoms with Gasteiger partial charge in [0.15, 0.2) is 0 Å². The van der Waals surface area contributed by atoms with Crippen LogP contribution in [0.4, 0.5) is 9.18 Å². The number of hydrogen-bond donors (Lipinski definition) is 2. The number of aliphatic hydroxyl groups is 2. The van der Waals surface area contributed by atoms with E-state index in [0.717, 1.165) is 48.7 Å². The van der Waals surface area contributed by atoms with Gasteiger partial charge in [0, 0.05) is 43.2 Å². The molecule has 0 aromatic heterocycles. The average Bonchev–Trinajstić information content (AvgIpc) is 3.33. The molecule has 1 aliphatic heterocycles. The van der Waals surface area contributed by atoms with Gasteiger partial charge in [-0.25, -0.2) is 9.18 Å². The first kappa shape index (κ1) is 50.0. The van der Waals surface area contributed by atoms with Crippen LogP contribution in [-0.2, 0) is 32.2 Å². The number of allylic oxidation sites excluding steroid dienone is 1. The van der Waals surface area contributed by atoms with Crippen LogP contribution in [-0.4, -0.2) is 83.7 Å². The van der Waals surface area contributed by atoms with Crippen molar-refractivity contribution in [3.63, 3.8) is 0 Å². The van der Waals surface area contributed by atoms with E-state index in [1.165, 1.54) is 12.1 Å². The second-order valence-electron chi connectivity index (χ2n) is 18.7. The number of amides is 1. The number of nitrogens with zero attached hydrogens (tertiary/aromatic N) is 2. The van der Waals surface area contributed by atoms with Crippen molar-refractivity contribution >= 4 is 18.1 Å². The Morgan fingerprint density at radius 1 is 0.912 bits per heavy atom. The number of carbonyl (C=O) groups excluding carboxylic acids is 2. The summed E-state index contributed by atoms with van der Waals surface area (Å²) in [5.74, 6) is -1.40. The second-order valence-corrected chi connectivity index (χ2v) is 18.7. The fourth-order valence-corrected chi connectivity index (χ4v) is 9.81. The highest BCUT2D eigenvalue weighted by atomic mass is 19.1. The molecule has 0 unspecified atom stereocenters. The summed E-state index contributed by atoms with van der Waals surface area (Å²) in [4.78, 5) is 34.5. The van der Waals surface area contributed by atoms with Crippen molar-refractivity contribution in [2.45, 2.75) is 102 Å². The van der Waals surface area contributed by atoms with E-state index < -0.39 is 35.3 Å². The molecule has 1 heterocycles. The lowest BCUT2D eigenvalue weighted by Gasteiger charge is -2.60. The highest BCUT2D eigenvalue weighted by Gasteiger charge is 2.65. The number of carbonyl (C=O) groups is 2. The molecular weight excluding hydrogens is 868 g/mol. The number of oxime groups is 1. The van der Waals surface area contributed by atoms with Crippen molar-refractivity contribution in [3.8, 4) is 17.2 Å². The first-order valence-corrected chi connectivity index (χ1v) is 23.8. The van der Waals surface area contributed by atoms with E-state index in [4.69, 9.17) is 33.7 Å². The number of aldehydes is 1. The van der Waals surface area contributed by atoms with Gasteiger partial charge in [-0.15, -0.1) is 6.58 Å². The van der Waals surface area contributed by atoms with Gasteiger partial charge in [0.05, 0.1) is 31.5 Å². The predicted octanol–water partition coefficient (Wildman–Crippen LogP) is 10.7. The Bertz CT molecular complexity index is 2370.